The second-order valence-electron chi connectivity index (χ2n) is 5.17. The molecule has 1 aromatic heterocycles. The van der Waals surface area contributed by atoms with Crippen molar-refractivity contribution >= 4 is 22.6 Å². The van der Waals surface area contributed by atoms with Crippen molar-refractivity contribution in [3.05, 3.63) is 24.4 Å². The molecule has 1 heterocycles. The van der Waals surface area contributed by atoms with Crippen LogP contribution in [0.4, 0.5) is 5.69 Å². The maximum absolute atomic E-state index is 11.7. The monoisotopic (exact) mass is 247 g/mol. The van der Waals surface area contributed by atoms with E-state index >= 15 is 0 Å². The molecule has 0 fully saturated rings. The number of rotatable bonds is 2. The Balaban J connectivity index is 2.23. The molecule has 2 rings (SSSR count). The zero-order chi connectivity index (χ0) is 13.3. The van der Waals surface area contributed by atoms with E-state index in [2.05, 4.69) is 5.10 Å². The zero-order valence-electron chi connectivity index (χ0n) is 10.8. The number of ether oxygens (including phenoxy) is 1. The van der Waals surface area contributed by atoms with Gasteiger partial charge in [0.2, 0.25) is 0 Å². The van der Waals surface area contributed by atoms with Gasteiger partial charge in [0, 0.05) is 11.1 Å². The van der Waals surface area contributed by atoms with E-state index in [9.17, 15) is 4.79 Å². The quantitative estimate of drug-likeness (QED) is 0.650. The average Bonchev–Trinajstić information content (AvgIpc) is 2.60. The van der Waals surface area contributed by atoms with E-state index in [0.717, 1.165) is 10.9 Å². The van der Waals surface area contributed by atoms with Gasteiger partial charge in [0.05, 0.1) is 11.7 Å². The zero-order valence-corrected chi connectivity index (χ0v) is 10.8. The summed E-state index contributed by atoms with van der Waals surface area (Å²) in [6.45, 7) is 5.60. The number of benzene rings is 1. The molecule has 0 bridgehead atoms. The van der Waals surface area contributed by atoms with Crippen molar-refractivity contribution < 1.29 is 9.53 Å². The lowest BCUT2D eigenvalue weighted by molar-refractivity contribution is -0.155. The lowest BCUT2D eigenvalue weighted by atomic mass is 10.2. The summed E-state index contributed by atoms with van der Waals surface area (Å²) in [5.74, 6) is -0.310. The van der Waals surface area contributed by atoms with Crippen LogP contribution in [-0.4, -0.2) is 21.4 Å². The topological polar surface area (TPSA) is 70.1 Å². The van der Waals surface area contributed by atoms with E-state index in [1.165, 1.54) is 0 Å². The SMILES string of the molecule is CC(C)(C)OC(=O)Cn1ncc2c(N)cccc21. The highest BCUT2D eigenvalue weighted by atomic mass is 16.6. The van der Waals surface area contributed by atoms with Gasteiger partial charge in [-0.2, -0.15) is 5.10 Å². The van der Waals surface area contributed by atoms with Crippen LogP contribution >= 0.6 is 0 Å². The lowest BCUT2D eigenvalue weighted by Crippen LogP contribution is -2.26. The Bertz CT molecular complexity index is 581. The molecular formula is C13H17N3O2. The van der Waals surface area contributed by atoms with Gasteiger partial charge in [-0.15, -0.1) is 0 Å². The van der Waals surface area contributed by atoms with Crippen molar-refractivity contribution in [2.75, 3.05) is 5.73 Å². The van der Waals surface area contributed by atoms with Crippen molar-refractivity contribution in [3.63, 3.8) is 0 Å². The normalized spacial score (nSPS) is 11.7. The highest BCUT2D eigenvalue weighted by Crippen LogP contribution is 2.20. The van der Waals surface area contributed by atoms with Gasteiger partial charge in [-0.3, -0.25) is 9.48 Å². The number of nitrogen functional groups attached to an aromatic ring is 1. The first-order valence-corrected chi connectivity index (χ1v) is 5.79. The minimum Gasteiger partial charge on any atom is -0.459 e. The maximum atomic E-state index is 11.7. The molecule has 0 aliphatic carbocycles. The Kier molecular flexibility index (Phi) is 2.98. The minimum absolute atomic E-state index is 0.0875. The van der Waals surface area contributed by atoms with Crippen LogP contribution in [0.2, 0.25) is 0 Å². The smallest absolute Gasteiger partial charge is 0.328 e. The van der Waals surface area contributed by atoms with Gasteiger partial charge in [-0.05, 0) is 32.9 Å². The average molecular weight is 247 g/mol. The molecule has 0 saturated carbocycles. The third-order valence-electron chi connectivity index (χ3n) is 2.42. The highest BCUT2D eigenvalue weighted by molar-refractivity contribution is 5.90. The Labute approximate surface area is 106 Å². The van der Waals surface area contributed by atoms with Crippen LogP contribution in [-0.2, 0) is 16.1 Å². The Hall–Kier alpha value is -2.04. The Morgan fingerprint density at radius 3 is 2.83 bits per heavy atom. The van der Waals surface area contributed by atoms with E-state index in [1.54, 1.807) is 10.9 Å². The number of aromatic nitrogens is 2. The number of anilines is 1. The number of carbonyl (C=O) groups excluding carboxylic acids is 1. The van der Waals surface area contributed by atoms with E-state index in [1.807, 2.05) is 39.0 Å². The van der Waals surface area contributed by atoms with Gasteiger partial charge >= 0.3 is 5.97 Å². The second-order valence-corrected chi connectivity index (χ2v) is 5.17. The lowest BCUT2D eigenvalue weighted by Gasteiger charge is -2.19. The fourth-order valence-corrected chi connectivity index (χ4v) is 1.75. The summed E-state index contributed by atoms with van der Waals surface area (Å²) in [7, 11) is 0. The first kappa shape index (κ1) is 12.4. The van der Waals surface area contributed by atoms with Gasteiger partial charge in [-0.1, -0.05) is 6.07 Å². The van der Waals surface area contributed by atoms with Crippen molar-refractivity contribution in [3.8, 4) is 0 Å². The van der Waals surface area contributed by atoms with Crippen LogP contribution in [0.5, 0.6) is 0 Å². The Morgan fingerprint density at radius 1 is 1.44 bits per heavy atom. The summed E-state index contributed by atoms with van der Waals surface area (Å²) >= 11 is 0. The van der Waals surface area contributed by atoms with E-state index in [-0.39, 0.29) is 12.5 Å². The van der Waals surface area contributed by atoms with Gasteiger partial charge in [0.15, 0.2) is 0 Å². The number of nitrogens with zero attached hydrogens (tertiary/aromatic N) is 2. The summed E-state index contributed by atoms with van der Waals surface area (Å²) in [5.41, 5.74) is 6.84. The molecule has 0 amide bonds. The van der Waals surface area contributed by atoms with Crippen LogP contribution < -0.4 is 5.73 Å². The second kappa shape index (κ2) is 4.33. The first-order chi connectivity index (χ1) is 8.37. The third kappa shape index (κ3) is 2.61. The fraction of sp³-hybridized carbons (Fsp3) is 0.385. The highest BCUT2D eigenvalue weighted by Gasteiger charge is 2.17. The summed E-state index contributed by atoms with van der Waals surface area (Å²) in [5, 5.41) is 5.01. The van der Waals surface area contributed by atoms with Crippen molar-refractivity contribution in [1.29, 1.82) is 0 Å². The third-order valence-corrected chi connectivity index (χ3v) is 2.42. The number of fused-ring (bicyclic) bond motifs is 1. The summed E-state index contributed by atoms with van der Waals surface area (Å²) < 4.78 is 6.86. The predicted molar refractivity (Wildman–Crippen MR) is 70.0 cm³/mol. The number of nitrogens with two attached hydrogens (primary N) is 1. The fourth-order valence-electron chi connectivity index (χ4n) is 1.75. The molecule has 1 aromatic carbocycles. The molecule has 2 N–H and O–H groups in total. The molecule has 0 spiro atoms. The van der Waals surface area contributed by atoms with Gasteiger partial charge in [-0.25, -0.2) is 0 Å². The molecular weight excluding hydrogens is 230 g/mol. The molecule has 5 heteroatoms. The Morgan fingerprint density at radius 2 is 2.17 bits per heavy atom. The molecule has 0 unspecified atom stereocenters. The molecule has 0 aliphatic heterocycles. The predicted octanol–water partition coefficient (Wildman–Crippen LogP) is 1.96. The molecule has 0 aliphatic rings. The first-order valence-electron chi connectivity index (χ1n) is 5.79. The van der Waals surface area contributed by atoms with Crippen molar-refractivity contribution in [2.45, 2.75) is 32.9 Å². The van der Waals surface area contributed by atoms with Crippen LogP contribution in [0, 0.1) is 0 Å². The van der Waals surface area contributed by atoms with Crippen LogP contribution in [0.15, 0.2) is 24.4 Å². The molecule has 2 aromatic rings. The van der Waals surface area contributed by atoms with Gasteiger partial charge in [0.25, 0.3) is 0 Å². The molecule has 0 saturated heterocycles. The summed E-state index contributed by atoms with van der Waals surface area (Å²) in [6.07, 6.45) is 1.66. The van der Waals surface area contributed by atoms with Crippen molar-refractivity contribution in [1.82, 2.24) is 9.78 Å². The molecule has 0 radical (unpaired) electrons. The molecule has 5 nitrogen and oxygen atoms in total. The maximum Gasteiger partial charge on any atom is 0.328 e. The van der Waals surface area contributed by atoms with E-state index in [4.69, 9.17) is 10.5 Å². The largest absolute Gasteiger partial charge is 0.459 e. The van der Waals surface area contributed by atoms with E-state index < -0.39 is 5.60 Å². The minimum atomic E-state index is -0.487. The van der Waals surface area contributed by atoms with Crippen LogP contribution in [0.25, 0.3) is 10.9 Å². The standard InChI is InChI=1S/C13H17N3O2/c1-13(2,3)18-12(17)8-16-11-6-4-5-10(14)9(11)7-15-16/h4-7H,8,14H2,1-3H3. The van der Waals surface area contributed by atoms with Gasteiger partial charge in [0.1, 0.15) is 12.1 Å². The van der Waals surface area contributed by atoms with E-state index in [0.29, 0.717) is 5.69 Å². The van der Waals surface area contributed by atoms with Crippen LogP contribution in [0.3, 0.4) is 0 Å². The molecule has 18 heavy (non-hydrogen) atoms. The van der Waals surface area contributed by atoms with Gasteiger partial charge < -0.3 is 10.5 Å². The number of hydrogen-bond acceptors (Lipinski definition) is 4. The number of carbonyl (C=O) groups is 1. The van der Waals surface area contributed by atoms with Crippen LogP contribution in [0.1, 0.15) is 20.8 Å². The summed E-state index contributed by atoms with van der Waals surface area (Å²) in [6, 6.07) is 5.52. The molecule has 0 atom stereocenters. The molecule has 96 valence electrons. The number of hydrogen-bond donors (Lipinski definition) is 1. The van der Waals surface area contributed by atoms with Crippen molar-refractivity contribution in [2.24, 2.45) is 0 Å². The number of esters is 1. The summed E-state index contributed by atoms with van der Waals surface area (Å²) in [4.78, 5) is 11.7.